The molecule has 0 aromatic heterocycles. The fraction of sp³-hybridized carbons (Fsp3) is 0.579. The van der Waals surface area contributed by atoms with Gasteiger partial charge < -0.3 is 25.8 Å². The van der Waals surface area contributed by atoms with Crippen LogP contribution < -0.4 is 25.8 Å². The molecule has 7 nitrogen and oxygen atoms in total. The molecule has 3 rings (SSSR count). The lowest BCUT2D eigenvalue weighted by molar-refractivity contribution is -0.123. The fourth-order valence-electron chi connectivity index (χ4n) is 3.91. The van der Waals surface area contributed by atoms with Crippen LogP contribution in [-0.4, -0.2) is 30.2 Å². The maximum atomic E-state index is 12.6. The van der Waals surface area contributed by atoms with Crippen LogP contribution in [0.25, 0.3) is 0 Å². The van der Waals surface area contributed by atoms with Crippen molar-refractivity contribution >= 4 is 11.9 Å². The lowest BCUT2D eigenvalue weighted by atomic mass is 9.89. The number of hydrogen-bond acceptors (Lipinski definition) is 4. The van der Waals surface area contributed by atoms with Gasteiger partial charge in [-0.2, -0.15) is 0 Å². The maximum absolute atomic E-state index is 12.6. The molecule has 0 spiro atoms. The van der Waals surface area contributed by atoms with Gasteiger partial charge >= 0.3 is 6.03 Å². The first-order valence-electron chi connectivity index (χ1n) is 9.00. The molecule has 4 N–H and O–H groups in total. The van der Waals surface area contributed by atoms with Gasteiger partial charge in [0.1, 0.15) is 22.6 Å². The van der Waals surface area contributed by atoms with Crippen molar-refractivity contribution in [3.05, 3.63) is 23.8 Å². The number of rotatable bonds is 4. The molecule has 2 aliphatic rings. The van der Waals surface area contributed by atoms with Crippen LogP contribution in [0.4, 0.5) is 4.79 Å². The molecular formula is C19H27N3O4. The van der Waals surface area contributed by atoms with Crippen LogP contribution in [0.1, 0.15) is 57.6 Å². The molecule has 0 unspecified atom stereocenters. The van der Waals surface area contributed by atoms with Crippen molar-refractivity contribution in [3.63, 3.8) is 0 Å². The summed E-state index contributed by atoms with van der Waals surface area (Å²) in [5.41, 5.74) is 5.06. The van der Waals surface area contributed by atoms with Gasteiger partial charge in [-0.25, -0.2) is 4.79 Å². The van der Waals surface area contributed by atoms with E-state index >= 15 is 0 Å². The van der Waals surface area contributed by atoms with Gasteiger partial charge in [-0.05, 0) is 38.8 Å². The highest BCUT2D eigenvalue weighted by Gasteiger charge is 2.42. The fourth-order valence-corrected chi connectivity index (χ4v) is 3.91. The van der Waals surface area contributed by atoms with E-state index in [0.717, 1.165) is 18.4 Å². The molecule has 1 aliphatic carbocycles. The molecule has 142 valence electrons. The molecule has 3 amide bonds. The van der Waals surface area contributed by atoms with Gasteiger partial charge in [0.05, 0.1) is 13.2 Å². The Labute approximate surface area is 153 Å². The number of benzene rings is 1. The minimum absolute atomic E-state index is 0.231. The lowest BCUT2D eigenvalue weighted by Crippen LogP contribution is -2.58. The van der Waals surface area contributed by atoms with Gasteiger partial charge in [-0.3, -0.25) is 4.79 Å². The smallest absolute Gasteiger partial charge is 0.316 e. The highest BCUT2D eigenvalue weighted by atomic mass is 16.5. The first-order valence-corrected chi connectivity index (χ1v) is 9.00. The predicted octanol–water partition coefficient (Wildman–Crippen LogP) is 2.39. The van der Waals surface area contributed by atoms with Gasteiger partial charge in [-0.15, -0.1) is 0 Å². The van der Waals surface area contributed by atoms with Gasteiger partial charge in [0.15, 0.2) is 0 Å². The zero-order chi connectivity index (χ0) is 18.9. The number of ether oxygens (including phenoxy) is 2. The summed E-state index contributed by atoms with van der Waals surface area (Å²) in [6, 6.07) is 4.95. The van der Waals surface area contributed by atoms with E-state index in [-0.39, 0.29) is 12.1 Å². The van der Waals surface area contributed by atoms with Crippen LogP contribution in [0.2, 0.25) is 0 Å². The number of nitrogens with two attached hydrogens (primary N) is 1. The zero-order valence-corrected chi connectivity index (χ0v) is 15.6. The molecule has 7 heteroatoms. The predicted molar refractivity (Wildman–Crippen MR) is 97.1 cm³/mol. The number of hydrogen-bond donors (Lipinski definition) is 3. The third-order valence-corrected chi connectivity index (χ3v) is 5.27. The van der Waals surface area contributed by atoms with E-state index in [0.29, 0.717) is 30.8 Å². The van der Waals surface area contributed by atoms with Gasteiger partial charge in [0.25, 0.3) is 0 Å². The topological polar surface area (TPSA) is 103 Å². The summed E-state index contributed by atoms with van der Waals surface area (Å²) < 4.78 is 11.3. The molecule has 1 saturated carbocycles. The average molecular weight is 361 g/mol. The molecule has 0 bridgehead atoms. The lowest BCUT2D eigenvalue weighted by Gasteiger charge is -2.38. The van der Waals surface area contributed by atoms with Crippen LogP contribution in [0, 0.1) is 0 Å². The van der Waals surface area contributed by atoms with E-state index < -0.39 is 17.0 Å². The number of carbonyl (C=O) groups is 2. The van der Waals surface area contributed by atoms with Crippen molar-refractivity contribution in [2.45, 2.75) is 63.1 Å². The van der Waals surface area contributed by atoms with Crippen LogP contribution in [0.15, 0.2) is 18.2 Å². The van der Waals surface area contributed by atoms with Crippen molar-refractivity contribution in [3.8, 4) is 11.5 Å². The first kappa shape index (κ1) is 18.4. The molecule has 0 radical (unpaired) electrons. The highest BCUT2D eigenvalue weighted by Crippen LogP contribution is 2.41. The largest absolute Gasteiger partial charge is 0.497 e. The van der Waals surface area contributed by atoms with Crippen molar-refractivity contribution in [1.29, 1.82) is 0 Å². The Morgan fingerprint density at radius 2 is 1.96 bits per heavy atom. The second-order valence-corrected chi connectivity index (χ2v) is 7.77. The monoisotopic (exact) mass is 361 g/mol. The highest BCUT2D eigenvalue weighted by molar-refractivity contribution is 5.90. The van der Waals surface area contributed by atoms with Crippen molar-refractivity contribution < 1.29 is 19.1 Å². The van der Waals surface area contributed by atoms with Crippen molar-refractivity contribution in [2.75, 3.05) is 7.11 Å². The van der Waals surface area contributed by atoms with Crippen LogP contribution in [-0.2, 0) is 4.79 Å². The minimum atomic E-state index is -0.937. The first-order chi connectivity index (χ1) is 12.2. The van der Waals surface area contributed by atoms with E-state index in [1.54, 1.807) is 7.11 Å². The second kappa shape index (κ2) is 6.70. The SMILES string of the molecule is COc1ccc2c(c1)OC(C)(C)C[C@H]2NC(=O)NC1(C(N)=O)CCCC1. The number of methoxy groups -OCH3 is 1. The molecule has 1 heterocycles. The third kappa shape index (κ3) is 3.57. The van der Waals surface area contributed by atoms with Crippen LogP contribution >= 0.6 is 0 Å². The van der Waals surface area contributed by atoms with Crippen LogP contribution in [0.5, 0.6) is 11.5 Å². The molecular weight excluding hydrogens is 334 g/mol. The number of amides is 3. The normalized spacial score (nSPS) is 22.7. The molecule has 0 saturated heterocycles. The quantitative estimate of drug-likeness (QED) is 0.766. The van der Waals surface area contributed by atoms with Crippen molar-refractivity contribution in [2.24, 2.45) is 5.73 Å². The number of urea groups is 1. The Morgan fingerprint density at radius 3 is 2.58 bits per heavy atom. The average Bonchev–Trinajstić information content (AvgIpc) is 3.02. The van der Waals surface area contributed by atoms with E-state index in [2.05, 4.69) is 10.6 Å². The molecule has 26 heavy (non-hydrogen) atoms. The summed E-state index contributed by atoms with van der Waals surface area (Å²) in [6.45, 7) is 3.95. The summed E-state index contributed by atoms with van der Waals surface area (Å²) in [5, 5.41) is 5.83. The number of nitrogens with one attached hydrogen (secondary N) is 2. The number of carbonyl (C=O) groups excluding carboxylic acids is 2. The van der Waals surface area contributed by atoms with Crippen LogP contribution in [0.3, 0.4) is 0 Å². The second-order valence-electron chi connectivity index (χ2n) is 7.77. The van der Waals surface area contributed by atoms with E-state index in [4.69, 9.17) is 15.2 Å². The van der Waals surface area contributed by atoms with Gasteiger partial charge in [-0.1, -0.05) is 12.8 Å². The van der Waals surface area contributed by atoms with Gasteiger partial charge in [0, 0.05) is 18.1 Å². The van der Waals surface area contributed by atoms with Gasteiger partial charge in [0.2, 0.25) is 5.91 Å². The van der Waals surface area contributed by atoms with Crippen molar-refractivity contribution in [1.82, 2.24) is 10.6 Å². The molecule has 1 aromatic rings. The summed E-state index contributed by atoms with van der Waals surface area (Å²) in [6.07, 6.45) is 3.56. The Bertz CT molecular complexity index is 711. The number of primary amides is 1. The third-order valence-electron chi connectivity index (χ3n) is 5.27. The Balaban J connectivity index is 1.79. The number of fused-ring (bicyclic) bond motifs is 1. The van der Waals surface area contributed by atoms with E-state index in [1.807, 2.05) is 32.0 Å². The summed E-state index contributed by atoms with van der Waals surface area (Å²) >= 11 is 0. The zero-order valence-electron chi connectivity index (χ0n) is 15.6. The van der Waals surface area contributed by atoms with E-state index in [1.165, 1.54) is 0 Å². The molecule has 1 aliphatic heterocycles. The molecule has 1 atom stereocenters. The summed E-state index contributed by atoms with van der Waals surface area (Å²) in [7, 11) is 1.60. The summed E-state index contributed by atoms with van der Waals surface area (Å²) in [5.74, 6) is 0.919. The summed E-state index contributed by atoms with van der Waals surface area (Å²) in [4.78, 5) is 24.5. The molecule has 1 aromatic carbocycles. The minimum Gasteiger partial charge on any atom is -0.497 e. The van der Waals surface area contributed by atoms with E-state index in [9.17, 15) is 9.59 Å². The Kier molecular flexibility index (Phi) is 4.73. The Morgan fingerprint density at radius 1 is 1.27 bits per heavy atom. The molecule has 1 fully saturated rings. The Hall–Kier alpha value is -2.44. The maximum Gasteiger partial charge on any atom is 0.316 e. The standard InChI is InChI=1S/C19H27N3O4/c1-18(2)11-14(13-7-6-12(25-3)10-15(13)26-18)21-17(24)22-19(16(20)23)8-4-5-9-19/h6-7,10,14H,4-5,8-9,11H2,1-3H3,(H2,20,23)(H2,21,22,24)/t14-/m1/s1.